The highest BCUT2D eigenvalue weighted by Crippen LogP contribution is 2.61. The van der Waals surface area contributed by atoms with E-state index in [2.05, 4.69) is 173 Å². The molecule has 0 saturated heterocycles. The highest BCUT2D eigenvalue weighted by molar-refractivity contribution is 7.75. The maximum absolute atomic E-state index is 4.37. The van der Waals surface area contributed by atoms with Gasteiger partial charge in [0, 0.05) is 33.6 Å². The van der Waals surface area contributed by atoms with Crippen molar-refractivity contribution < 1.29 is 0 Å². The van der Waals surface area contributed by atoms with Gasteiger partial charge in [-0.1, -0.05) is 127 Å². The molecule has 7 aromatic carbocycles. The fraction of sp³-hybridized carbons (Fsp3) is 0.0217. The zero-order valence-electron chi connectivity index (χ0n) is 27.0. The Morgan fingerprint density at radius 3 is 1.65 bits per heavy atom. The van der Waals surface area contributed by atoms with Crippen molar-refractivity contribution in [3.05, 3.63) is 176 Å². The minimum absolute atomic E-state index is 0.812. The van der Waals surface area contributed by atoms with Crippen LogP contribution in [0.25, 0.3) is 66.4 Å². The third kappa shape index (κ3) is 4.49. The SMILES string of the molecule is Cc1cc(-c2ccc(-c3ccc4c(c3)-c3ccccc3P3c5ccccc5-c5cc(-c6cccc7ccccc67)ccc5N43)cc2)ccn1. The number of aromatic nitrogens is 1. The summed E-state index contributed by atoms with van der Waals surface area (Å²) >= 11 is 0. The van der Waals surface area contributed by atoms with Crippen molar-refractivity contribution in [1.29, 1.82) is 0 Å². The van der Waals surface area contributed by atoms with E-state index in [0.717, 1.165) is 5.69 Å². The summed E-state index contributed by atoms with van der Waals surface area (Å²) in [6, 6.07) is 60.8. The van der Waals surface area contributed by atoms with Crippen LogP contribution in [0, 0.1) is 6.92 Å². The van der Waals surface area contributed by atoms with Crippen molar-refractivity contribution in [2.24, 2.45) is 0 Å². The molecule has 0 N–H and O–H groups in total. The summed E-state index contributed by atoms with van der Waals surface area (Å²) in [6.45, 7) is 2.04. The molecule has 0 bridgehead atoms. The summed E-state index contributed by atoms with van der Waals surface area (Å²) in [5.74, 6) is 0. The first-order valence-electron chi connectivity index (χ1n) is 16.8. The van der Waals surface area contributed by atoms with E-state index in [1.54, 1.807) is 0 Å². The number of hydrogen-bond donors (Lipinski definition) is 0. The molecule has 3 heteroatoms. The lowest BCUT2D eigenvalue weighted by atomic mass is 9.93. The van der Waals surface area contributed by atoms with E-state index in [0.29, 0.717) is 0 Å². The monoisotopic (exact) mass is 642 g/mol. The molecular formula is C46H31N2P. The number of nitrogens with zero attached hydrogens (tertiary/aromatic N) is 2. The molecule has 2 nitrogen and oxygen atoms in total. The predicted molar refractivity (Wildman–Crippen MR) is 208 cm³/mol. The van der Waals surface area contributed by atoms with Crippen molar-refractivity contribution in [3.8, 4) is 55.6 Å². The number of rotatable bonds is 3. The van der Waals surface area contributed by atoms with E-state index in [1.165, 1.54) is 88.4 Å². The Morgan fingerprint density at radius 2 is 0.959 bits per heavy atom. The Morgan fingerprint density at radius 1 is 0.429 bits per heavy atom. The quantitative estimate of drug-likeness (QED) is 0.178. The number of hydrogen-bond acceptors (Lipinski definition) is 2. The number of anilines is 2. The molecule has 0 aliphatic carbocycles. The Hall–Kier alpha value is -5.82. The molecule has 2 aliphatic rings. The van der Waals surface area contributed by atoms with E-state index >= 15 is 0 Å². The van der Waals surface area contributed by atoms with Crippen molar-refractivity contribution in [1.82, 2.24) is 4.98 Å². The van der Waals surface area contributed by atoms with Gasteiger partial charge in [-0.3, -0.25) is 4.98 Å². The zero-order valence-corrected chi connectivity index (χ0v) is 27.9. The van der Waals surface area contributed by atoms with Crippen molar-refractivity contribution in [2.75, 3.05) is 4.67 Å². The van der Waals surface area contributed by atoms with Gasteiger partial charge in [0.15, 0.2) is 0 Å². The van der Waals surface area contributed by atoms with E-state index < -0.39 is 8.07 Å². The summed E-state index contributed by atoms with van der Waals surface area (Å²) in [6.07, 6.45) is 1.88. The number of fused-ring (bicyclic) bond motifs is 12. The molecule has 230 valence electrons. The molecule has 0 radical (unpaired) electrons. The summed E-state index contributed by atoms with van der Waals surface area (Å²) in [7, 11) is -0.812. The summed E-state index contributed by atoms with van der Waals surface area (Å²) in [5, 5.41) is 5.36. The first-order chi connectivity index (χ1) is 24.2. The molecule has 2 aliphatic heterocycles. The van der Waals surface area contributed by atoms with Crippen LogP contribution in [0.2, 0.25) is 0 Å². The van der Waals surface area contributed by atoms with Gasteiger partial charge in [0.2, 0.25) is 0 Å². The second kappa shape index (κ2) is 11.1. The third-order valence-electron chi connectivity index (χ3n) is 10.0. The van der Waals surface area contributed by atoms with Crippen LogP contribution >= 0.6 is 8.07 Å². The van der Waals surface area contributed by atoms with Crippen LogP contribution in [0.3, 0.4) is 0 Å². The molecule has 49 heavy (non-hydrogen) atoms. The minimum Gasteiger partial charge on any atom is -0.310 e. The largest absolute Gasteiger partial charge is 0.310 e. The van der Waals surface area contributed by atoms with Gasteiger partial charge in [-0.25, -0.2) is 0 Å². The second-order valence-corrected chi connectivity index (χ2v) is 14.9. The Balaban J connectivity index is 1.13. The third-order valence-corrected chi connectivity index (χ3v) is 12.6. The molecule has 0 fully saturated rings. The van der Waals surface area contributed by atoms with Crippen LogP contribution in [0.15, 0.2) is 170 Å². The van der Waals surface area contributed by atoms with E-state index in [4.69, 9.17) is 0 Å². The topological polar surface area (TPSA) is 16.1 Å². The zero-order chi connectivity index (χ0) is 32.5. The maximum Gasteiger partial charge on any atom is 0.0611 e. The molecule has 3 heterocycles. The van der Waals surface area contributed by atoms with Gasteiger partial charge < -0.3 is 4.67 Å². The maximum atomic E-state index is 4.37. The number of benzene rings is 7. The Labute approximate surface area is 287 Å². The fourth-order valence-corrected chi connectivity index (χ4v) is 10.5. The number of aryl methyl sites for hydroxylation is 1. The molecule has 0 spiro atoms. The summed E-state index contributed by atoms with van der Waals surface area (Å²) < 4.78 is 2.65. The summed E-state index contributed by atoms with van der Waals surface area (Å²) in [5.41, 5.74) is 16.2. The highest BCUT2D eigenvalue weighted by Gasteiger charge is 2.39. The lowest BCUT2D eigenvalue weighted by Gasteiger charge is -2.44. The Bertz CT molecular complexity index is 2580. The van der Waals surface area contributed by atoms with Crippen LogP contribution in [0.1, 0.15) is 5.69 Å². The molecule has 0 saturated carbocycles. The molecule has 1 unspecified atom stereocenters. The van der Waals surface area contributed by atoms with E-state index in [9.17, 15) is 0 Å². The molecule has 8 aromatic rings. The lowest BCUT2D eigenvalue weighted by molar-refractivity contribution is 1.20. The van der Waals surface area contributed by atoms with Gasteiger partial charge in [0.25, 0.3) is 0 Å². The van der Waals surface area contributed by atoms with Crippen molar-refractivity contribution >= 4 is 40.8 Å². The average Bonchev–Trinajstić information content (AvgIpc) is 3.17. The van der Waals surface area contributed by atoms with Gasteiger partial charge in [-0.05, 0) is 98.6 Å². The van der Waals surface area contributed by atoms with Gasteiger partial charge in [-0.15, -0.1) is 0 Å². The fourth-order valence-electron chi connectivity index (χ4n) is 7.74. The van der Waals surface area contributed by atoms with Crippen LogP contribution in [-0.2, 0) is 0 Å². The standard InChI is InChI=1S/C46H31N2P/c1-30-27-35(25-26-47-30)32-19-17-31(18-20-32)34-21-23-43-41(28-34)39-12-4-6-15-45(39)49-46-16-7-5-13-40(46)42-29-36(22-24-44(42)48(43)49)38-14-8-10-33-9-2-3-11-37(33)38/h2-29H,1H3. The molecular weight excluding hydrogens is 611 g/mol. The van der Waals surface area contributed by atoms with Gasteiger partial charge >= 0.3 is 0 Å². The molecule has 10 rings (SSSR count). The van der Waals surface area contributed by atoms with E-state index in [-0.39, 0.29) is 0 Å². The first-order valence-corrected chi connectivity index (χ1v) is 18.1. The second-order valence-electron chi connectivity index (χ2n) is 12.9. The predicted octanol–water partition coefficient (Wildman–Crippen LogP) is 11.7. The van der Waals surface area contributed by atoms with Crippen LogP contribution < -0.4 is 15.3 Å². The van der Waals surface area contributed by atoms with Crippen LogP contribution in [0.5, 0.6) is 0 Å². The van der Waals surface area contributed by atoms with Crippen molar-refractivity contribution in [3.63, 3.8) is 0 Å². The number of pyridine rings is 1. The first kappa shape index (κ1) is 28.2. The Kier molecular flexibility index (Phi) is 6.41. The minimum atomic E-state index is -0.812. The lowest BCUT2D eigenvalue weighted by Crippen LogP contribution is -2.33. The van der Waals surface area contributed by atoms with Gasteiger partial charge in [0.1, 0.15) is 0 Å². The van der Waals surface area contributed by atoms with E-state index in [1.807, 2.05) is 13.1 Å². The molecule has 0 amide bonds. The smallest absolute Gasteiger partial charge is 0.0611 e. The molecule has 1 aromatic heterocycles. The van der Waals surface area contributed by atoms with Crippen molar-refractivity contribution in [2.45, 2.75) is 6.92 Å². The van der Waals surface area contributed by atoms with Crippen LogP contribution in [-0.4, -0.2) is 4.98 Å². The average molecular weight is 643 g/mol. The molecule has 1 atom stereocenters. The van der Waals surface area contributed by atoms with Crippen LogP contribution in [0.4, 0.5) is 11.4 Å². The highest BCUT2D eigenvalue weighted by atomic mass is 31.1. The normalized spacial score (nSPS) is 14.0. The van der Waals surface area contributed by atoms with Gasteiger partial charge in [-0.2, -0.15) is 0 Å². The van der Waals surface area contributed by atoms with Gasteiger partial charge in [0.05, 0.1) is 19.4 Å². The summed E-state index contributed by atoms with van der Waals surface area (Å²) in [4.78, 5) is 4.37.